The third-order valence-corrected chi connectivity index (χ3v) is 4.10. The molecule has 23 heavy (non-hydrogen) atoms. The first-order chi connectivity index (χ1) is 10.6. The van der Waals surface area contributed by atoms with Crippen molar-refractivity contribution in [3.05, 3.63) is 45.4 Å². The number of nitrogens with one attached hydrogen (secondary N) is 2. The Morgan fingerprint density at radius 3 is 2.61 bits per heavy atom. The third kappa shape index (κ3) is 5.98. The average Bonchev–Trinajstić information content (AvgIpc) is 2.94. The van der Waals surface area contributed by atoms with Crippen molar-refractivity contribution in [1.82, 2.24) is 15.6 Å². The van der Waals surface area contributed by atoms with E-state index in [0.717, 1.165) is 22.3 Å². The van der Waals surface area contributed by atoms with E-state index in [1.807, 2.05) is 12.3 Å². The van der Waals surface area contributed by atoms with Gasteiger partial charge in [0.1, 0.15) is 10.8 Å². The molecule has 0 unspecified atom stereocenters. The summed E-state index contributed by atoms with van der Waals surface area (Å²) >= 11 is 1.69. The van der Waals surface area contributed by atoms with Crippen molar-refractivity contribution in [2.24, 2.45) is 4.99 Å². The maximum absolute atomic E-state index is 5.42. The van der Waals surface area contributed by atoms with E-state index in [-0.39, 0.29) is 24.0 Å². The van der Waals surface area contributed by atoms with Crippen LogP contribution >= 0.6 is 35.3 Å². The second-order valence-electron chi connectivity index (χ2n) is 4.96. The molecule has 0 aliphatic rings. The van der Waals surface area contributed by atoms with Gasteiger partial charge in [0.25, 0.3) is 0 Å². The van der Waals surface area contributed by atoms with Crippen molar-refractivity contribution in [3.8, 4) is 5.75 Å². The molecule has 7 heteroatoms. The van der Waals surface area contributed by atoms with Gasteiger partial charge in [0, 0.05) is 30.2 Å². The van der Waals surface area contributed by atoms with Crippen molar-refractivity contribution in [1.29, 1.82) is 0 Å². The van der Waals surface area contributed by atoms with Crippen LogP contribution in [0, 0.1) is 13.8 Å². The Hall–Kier alpha value is -1.35. The van der Waals surface area contributed by atoms with E-state index in [9.17, 15) is 0 Å². The van der Waals surface area contributed by atoms with Gasteiger partial charge in [0.2, 0.25) is 0 Å². The lowest BCUT2D eigenvalue weighted by molar-refractivity contribution is 0.408. The highest BCUT2D eigenvalue weighted by Gasteiger charge is 2.05. The average molecular weight is 446 g/mol. The van der Waals surface area contributed by atoms with Gasteiger partial charge in [-0.1, -0.05) is 12.1 Å². The van der Waals surface area contributed by atoms with Gasteiger partial charge in [-0.2, -0.15) is 0 Å². The Labute approximate surface area is 158 Å². The first-order valence-electron chi connectivity index (χ1n) is 7.11. The third-order valence-electron chi connectivity index (χ3n) is 3.19. The number of methoxy groups -OCH3 is 1. The number of rotatable bonds is 5. The van der Waals surface area contributed by atoms with E-state index in [0.29, 0.717) is 13.1 Å². The van der Waals surface area contributed by atoms with Gasteiger partial charge in [-0.15, -0.1) is 35.3 Å². The van der Waals surface area contributed by atoms with Gasteiger partial charge in [-0.25, -0.2) is 4.98 Å². The van der Waals surface area contributed by atoms with Crippen LogP contribution in [0.3, 0.4) is 0 Å². The smallest absolute Gasteiger partial charge is 0.191 e. The van der Waals surface area contributed by atoms with Crippen LogP contribution < -0.4 is 15.4 Å². The Balaban J connectivity index is 0.00000264. The van der Waals surface area contributed by atoms with Gasteiger partial charge in [-0.05, 0) is 25.5 Å². The van der Waals surface area contributed by atoms with E-state index in [2.05, 4.69) is 46.6 Å². The van der Waals surface area contributed by atoms with Crippen LogP contribution in [0.5, 0.6) is 5.75 Å². The molecule has 0 aliphatic heterocycles. The predicted octanol–water partition coefficient (Wildman–Crippen LogP) is 3.25. The highest BCUT2D eigenvalue weighted by Crippen LogP contribution is 2.19. The molecule has 0 fully saturated rings. The zero-order valence-corrected chi connectivity index (χ0v) is 17.0. The predicted molar refractivity (Wildman–Crippen MR) is 107 cm³/mol. The van der Waals surface area contributed by atoms with Gasteiger partial charge in [-0.3, -0.25) is 4.99 Å². The molecule has 0 radical (unpaired) electrons. The number of aryl methyl sites for hydroxylation is 2. The van der Waals surface area contributed by atoms with Crippen LogP contribution in [0.25, 0.3) is 0 Å². The number of ether oxygens (including phenoxy) is 1. The number of aliphatic imine (C=N–C) groups is 1. The highest BCUT2D eigenvalue weighted by molar-refractivity contribution is 14.0. The van der Waals surface area contributed by atoms with Crippen LogP contribution in [0.4, 0.5) is 0 Å². The summed E-state index contributed by atoms with van der Waals surface area (Å²) in [6.07, 6.45) is 1.88. The second kappa shape index (κ2) is 9.71. The summed E-state index contributed by atoms with van der Waals surface area (Å²) in [7, 11) is 3.45. The monoisotopic (exact) mass is 446 g/mol. The summed E-state index contributed by atoms with van der Waals surface area (Å²) in [4.78, 5) is 9.77. The molecule has 1 aromatic heterocycles. The molecule has 0 aliphatic carbocycles. The molecule has 126 valence electrons. The Morgan fingerprint density at radius 1 is 1.26 bits per heavy atom. The van der Waals surface area contributed by atoms with Crippen molar-refractivity contribution in [2.45, 2.75) is 26.9 Å². The van der Waals surface area contributed by atoms with Crippen LogP contribution in [-0.4, -0.2) is 25.1 Å². The SMILES string of the molecule is CN=C(NCc1ncc(C)s1)NCc1ccc(C)cc1OC.I. The Morgan fingerprint density at radius 2 is 2.00 bits per heavy atom. The largest absolute Gasteiger partial charge is 0.496 e. The highest BCUT2D eigenvalue weighted by atomic mass is 127. The number of aromatic nitrogens is 1. The van der Waals surface area contributed by atoms with Crippen LogP contribution in [0.15, 0.2) is 29.4 Å². The molecule has 2 aromatic rings. The fourth-order valence-corrected chi connectivity index (χ4v) is 2.77. The minimum absolute atomic E-state index is 0. The zero-order chi connectivity index (χ0) is 15.9. The van der Waals surface area contributed by atoms with Crippen molar-refractivity contribution in [2.75, 3.05) is 14.2 Å². The minimum atomic E-state index is 0. The Kier molecular flexibility index (Phi) is 8.32. The Bertz CT molecular complexity index is 657. The van der Waals surface area contributed by atoms with Gasteiger partial charge in [0.05, 0.1) is 13.7 Å². The molecule has 0 amide bonds. The molecule has 0 atom stereocenters. The molecule has 2 N–H and O–H groups in total. The molecule has 2 rings (SSSR count). The fraction of sp³-hybridized carbons (Fsp3) is 0.375. The van der Waals surface area contributed by atoms with Gasteiger partial charge in [0.15, 0.2) is 5.96 Å². The van der Waals surface area contributed by atoms with Crippen molar-refractivity contribution >= 4 is 41.3 Å². The molecule has 0 saturated heterocycles. The molecule has 0 spiro atoms. The lowest BCUT2D eigenvalue weighted by Gasteiger charge is -2.13. The zero-order valence-electron chi connectivity index (χ0n) is 13.8. The summed E-state index contributed by atoms with van der Waals surface area (Å²) in [6.45, 7) is 5.43. The van der Waals surface area contributed by atoms with E-state index >= 15 is 0 Å². The van der Waals surface area contributed by atoms with Gasteiger partial charge < -0.3 is 15.4 Å². The van der Waals surface area contributed by atoms with E-state index in [1.165, 1.54) is 10.4 Å². The number of hydrogen-bond acceptors (Lipinski definition) is 4. The molecule has 1 aromatic carbocycles. The summed E-state index contributed by atoms with van der Waals surface area (Å²) in [5.41, 5.74) is 2.28. The number of benzene rings is 1. The van der Waals surface area contributed by atoms with E-state index < -0.39 is 0 Å². The topological polar surface area (TPSA) is 58.5 Å². The van der Waals surface area contributed by atoms with Crippen LogP contribution in [-0.2, 0) is 13.1 Å². The molecule has 1 heterocycles. The van der Waals surface area contributed by atoms with E-state index in [4.69, 9.17) is 4.74 Å². The lowest BCUT2D eigenvalue weighted by atomic mass is 10.1. The maximum atomic E-state index is 5.42. The summed E-state index contributed by atoms with van der Waals surface area (Å²) in [5, 5.41) is 7.61. The number of thiazole rings is 1. The molecular weight excluding hydrogens is 423 g/mol. The van der Waals surface area contributed by atoms with E-state index in [1.54, 1.807) is 25.5 Å². The summed E-state index contributed by atoms with van der Waals surface area (Å²) in [5.74, 6) is 1.63. The summed E-state index contributed by atoms with van der Waals surface area (Å²) < 4.78 is 5.42. The first kappa shape index (κ1) is 19.7. The molecular formula is C16H23IN4OS. The number of guanidine groups is 1. The quantitative estimate of drug-likeness (QED) is 0.421. The van der Waals surface area contributed by atoms with Crippen molar-refractivity contribution in [3.63, 3.8) is 0 Å². The fourth-order valence-electron chi connectivity index (χ4n) is 2.04. The molecule has 0 saturated carbocycles. The number of nitrogens with zero attached hydrogens (tertiary/aromatic N) is 2. The number of halogens is 1. The standard InChI is InChI=1S/C16H22N4OS.HI/c1-11-5-6-13(14(7-11)21-4)9-19-16(17-3)20-10-15-18-8-12(2)22-15;/h5-8H,9-10H2,1-4H3,(H2,17,19,20);1H. The summed E-state index contributed by atoms with van der Waals surface area (Å²) in [6, 6.07) is 6.18. The van der Waals surface area contributed by atoms with Crippen LogP contribution in [0.1, 0.15) is 21.0 Å². The van der Waals surface area contributed by atoms with Gasteiger partial charge >= 0.3 is 0 Å². The van der Waals surface area contributed by atoms with Crippen LogP contribution in [0.2, 0.25) is 0 Å². The normalized spacial score (nSPS) is 10.9. The first-order valence-corrected chi connectivity index (χ1v) is 7.93. The number of hydrogen-bond donors (Lipinski definition) is 2. The maximum Gasteiger partial charge on any atom is 0.191 e. The lowest BCUT2D eigenvalue weighted by Crippen LogP contribution is -2.36. The van der Waals surface area contributed by atoms with Crippen molar-refractivity contribution < 1.29 is 4.74 Å². The second-order valence-corrected chi connectivity index (χ2v) is 6.28. The molecule has 5 nitrogen and oxygen atoms in total. The minimum Gasteiger partial charge on any atom is -0.496 e. The molecule has 0 bridgehead atoms.